The molecule has 0 unspecified atom stereocenters. The first kappa shape index (κ1) is 16.6. The third-order valence-corrected chi connectivity index (χ3v) is 5.44. The molecular formula is C14H10Cl2F2N2O2S. The zero-order valence-corrected chi connectivity index (χ0v) is 14.0. The number of fused-ring (bicyclic) bond motifs is 1. The molecule has 1 amide bonds. The van der Waals surface area contributed by atoms with Gasteiger partial charge in [0.25, 0.3) is 12.3 Å². The van der Waals surface area contributed by atoms with Crippen LogP contribution in [0.2, 0.25) is 10.0 Å². The molecule has 1 aromatic heterocycles. The topological polar surface area (TPSA) is 52.9 Å². The highest BCUT2D eigenvalue weighted by molar-refractivity contribution is 7.21. The molecular weight excluding hydrogens is 369 g/mol. The summed E-state index contributed by atoms with van der Waals surface area (Å²) < 4.78 is 27.1. The second-order valence-electron chi connectivity index (χ2n) is 5.17. The lowest BCUT2D eigenvalue weighted by atomic mass is 10.1. The van der Waals surface area contributed by atoms with Crippen molar-refractivity contribution in [1.82, 2.24) is 5.01 Å². The van der Waals surface area contributed by atoms with E-state index in [9.17, 15) is 18.7 Å². The Morgan fingerprint density at radius 3 is 2.78 bits per heavy atom. The van der Waals surface area contributed by atoms with E-state index in [1.807, 2.05) is 0 Å². The summed E-state index contributed by atoms with van der Waals surface area (Å²) in [5, 5.41) is 15.2. The average Bonchev–Trinajstić information content (AvgIpc) is 2.97. The molecule has 4 nitrogen and oxygen atoms in total. The summed E-state index contributed by atoms with van der Waals surface area (Å²) in [5.74, 6) is -0.882. The van der Waals surface area contributed by atoms with Crippen molar-refractivity contribution in [3.63, 3.8) is 0 Å². The Balaban J connectivity index is 2.10. The fraction of sp³-hybridized carbons (Fsp3) is 0.286. The zero-order chi connectivity index (χ0) is 16.9. The Morgan fingerprint density at radius 1 is 1.48 bits per heavy atom. The molecule has 0 saturated heterocycles. The highest BCUT2D eigenvalue weighted by Crippen LogP contribution is 2.42. The monoisotopic (exact) mass is 378 g/mol. The normalized spacial score (nSPS) is 21.3. The van der Waals surface area contributed by atoms with E-state index in [2.05, 4.69) is 5.10 Å². The standard InChI is InChI=1S/C14H10Cl2F2N2O2S/c1-6-5-14(22,13(17)18)20(19-6)12(21)11-10(16)9-7(15)3-2-4-8(9)23-11/h2-4,13,22H,5H2,1H3/t14-/m0/s1. The highest BCUT2D eigenvalue weighted by Gasteiger charge is 2.51. The number of carbonyl (C=O) groups is 1. The van der Waals surface area contributed by atoms with E-state index in [1.165, 1.54) is 6.92 Å². The lowest BCUT2D eigenvalue weighted by Crippen LogP contribution is -2.51. The number of amides is 1. The third-order valence-electron chi connectivity index (χ3n) is 3.50. The minimum Gasteiger partial charge on any atom is -0.364 e. The maximum atomic E-state index is 13.2. The molecule has 1 atom stereocenters. The molecule has 0 radical (unpaired) electrons. The number of hydrogen-bond acceptors (Lipinski definition) is 4. The first-order valence-corrected chi connectivity index (χ1v) is 8.08. The van der Waals surface area contributed by atoms with Crippen molar-refractivity contribution < 1.29 is 18.7 Å². The molecule has 122 valence electrons. The van der Waals surface area contributed by atoms with Gasteiger partial charge in [-0.3, -0.25) is 4.79 Å². The van der Waals surface area contributed by atoms with Gasteiger partial charge in [-0.2, -0.15) is 10.1 Å². The Kier molecular flexibility index (Phi) is 4.08. The molecule has 2 heterocycles. The zero-order valence-electron chi connectivity index (χ0n) is 11.7. The number of benzene rings is 1. The van der Waals surface area contributed by atoms with Crippen LogP contribution in [0.25, 0.3) is 10.1 Å². The Bertz CT molecular complexity index is 840. The summed E-state index contributed by atoms with van der Waals surface area (Å²) in [5.41, 5.74) is -2.43. The number of carbonyl (C=O) groups excluding carboxylic acids is 1. The predicted octanol–water partition coefficient (Wildman–Crippen LogP) is 4.38. The summed E-state index contributed by atoms with van der Waals surface area (Å²) in [6, 6.07) is 5.02. The smallest absolute Gasteiger partial charge is 0.288 e. The fourth-order valence-electron chi connectivity index (χ4n) is 2.44. The van der Waals surface area contributed by atoms with Gasteiger partial charge in [-0.05, 0) is 19.1 Å². The number of thiophene rings is 1. The molecule has 9 heteroatoms. The van der Waals surface area contributed by atoms with Gasteiger partial charge in [-0.25, -0.2) is 8.78 Å². The Hall–Kier alpha value is -1.28. The van der Waals surface area contributed by atoms with Crippen molar-refractivity contribution in [2.24, 2.45) is 5.10 Å². The number of rotatable bonds is 2. The van der Waals surface area contributed by atoms with Crippen LogP contribution in [0.3, 0.4) is 0 Å². The van der Waals surface area contributed by atoms with E-state index in [4.69, 9.17) is 23.2 Å². The maximum absolute atomic E-state index is 13.2. The van der Waals surface area contributed by atoms with Crippen LogP contribution in [0.1, 0.15) is 23.0 Å². The lowest BCUT2D eigenvalue weighted by molar-refractivity contribution is -0.164. The van der Waals surface area contributed by atoms with Gasteiger partial charge >= 0.3 is 0 Å². The number of nitrogens with zero attached hydrogens (tertiary/aromatic N) is 2. The van der Waals surface area contributed by atoms with Crippen molar-refractivity contribution in [3.05, 3.63) is 33.1 Å². The minimum absolute atomic E-state index is 0.00675. The van der Waals surface area contributed by atoms with Crippen LogP contribution < -0.4 is 0 Å². The predicted molar refractivity (Wildman–Crippen MR) is 86.7 cm³/mol. The SMILES string of the molecule is CC1=NN(C(=O)c2sc3cccc(Cl)c3c2Cl)[C@@](O)(C(F)F)C1. The first-order valence-electron chi connectivity index (χ1n) is 6.51. The van der Waals surface area contributed by atoms with Gasteiger partial charge in [0.2, 0.25) is 5.72 Å². The van der Waals surface area contributed by atoms with Crippen LogP contribution >= 0.6 is 34.5 Å². The quantitative estimate of drug-likeness (QED) is 0.842. The van der Waals surface area contributed by atoms with Gasteiger partial charge in [0, 0.05) is 22.2 Å². The van der Waals surface area contributed by atoms with Gasteiger partial charge < -0.3 is 5.11 Å². The number of hydrazone groups is 1. The molecule has 0 saturated carbocycles. The summed E-state index contributed by atoms with van der Waals surface area (Å²) in [6.07, 6.45) is -3.58. The fourth-order valence-corrected chi connectivity index (χ4v) is 4.31. The minimum atomic E-state index is -3.16. The molecule has 1 aliphatic heterocycles. The van der Waals surface area contributed by atoms with Gasteiger partial charge in [-0.1, -0.05) is 29.3 Å². The van der Waals surface area contributed by atoms with E-state index in [1.54, 1.807) is 18.2 Å². The second kappa shape index (κ2) is 5.66. The average molecular weight is 379 g/mol. The van der Waals surface area contributed by atoms with Crippen molar-refractivity contribution >= 4 is 56.2 Å². The van der Waals surface area contributed by atoms with Gasteiger partial charge in [0.1, 0.15) is 4.88 Å². The van der Waals surface area contributed by atoms with Crippen molar-refractivity contribution in [2.75, 3.05) is 0 Å². The number of halogens is 4. The van der Waals surface area contributed by atoms with Crippen LogP contribution in [0, 0.1) is 0 Å². The van der Waals surface area contributed by atoms with Crippen LogP contribution in [0.15, 0.2) is 23.3 Å². The summed E-state index contributed by atoms with van der Waals surface area (Å²) >= 11 is 13.3. The molecule has 0 fully saturated rings. The largest absolute Gasteiger partial charge is 0.364 e. The highest BCUT2D eigenvalue weighted by atomic mass is 35.5. The van der Waals surface area contributed by atoms with E-state index in [-0.39, 0.29) is 15.6 Å². The molecule has 3 rings (SSSR count). The van der Waals surface area contributed by atoms with E-state index in [0.29, 0.717) is 20.1 Å². The number of alkyl halides is 2. The number of hydrogen-bond donors (Lipinski definition) is 1. The van der Waals surface area contributed by atoms with Crippen LogP contribution in [0.5, 0.6) is 0 Å². The molecule has 1 aliphatic rings. The Morgan fingerprint density at radius 2 is 2.17 bits per heavy atom. The van der Waals surface area contributed by atoms with Crippen LogP contribution in [0.4, 0.5) is 8.78 Å². The van der Waals surface area contributed by atoms with Crippen LogP contribution in [-0.2, 0) is 0 Å². The first-order chi connectivity index (χ1) is 10.8. The molecule has 0 aliphatic carbocycles. The number of aliphatic hydroxyl groups is 1. The van der Waals surface area contributed by atoms with Crippen molar-refractivity contribution in [1.29, 1.82) is 0 Å². The van der Waals surface area contributed by atoms with E-state index < -0.39 is 24.5 Å². The third kappa shape index (κ3) is 2.52. The maximum Gasteiger partial charge on any atom is 0.288 e. The van der Waals surface area contributed by atoms with Crippen molar-refractivity contribution in [3.8, 4) is 0 Å². The summed E-state index contributed by atoms with van der Waals surface area (Å²) in [7, 11) is 0. The summed E-state index contributed by atoms with van der Waals surface area (Å²) in [6.45, 7) is 1.46. The van der Waals surface area contributed by atoms with Crippen molar-refractivity contribution in [2.45, 2.75) is 25.5 Å². The Labute approximate surface area is 143 Å². The van der Waals surface area contributed by atoms with Gasteiger partial charge in [0.15, 0.2) is 0 Å². The molecule has 0 bridgehead atoms. The van der Waals surface area contributed by atoms with Crippen LogP contribution in [-0.4, -0.2) is 33.9 Å². The molecule has 1 aromatic carbocycles. The van der Waals surface area contributed by atoms with Gasteiger partial charge in [-0.15, -0.1) is 11.3 Å². The van der Waals surface area contributed by atoms with E-state index >= 15 is 0 Å². The lowest BCUT2D eigenvalue weighted by Gasteiger charge is -2.29. The molecule has 2 aromatic rings. The van der Waals surface area contributed by atoms with Gasteiger partial charge in [0.05, 0.1) is 10.0 Å². The molecule has 0 spiro atoms. The van der Waals surface area contributed by atoms with E-state index in [0.717, 1.165) is 11.3 Å². The molecule has 1 N–H and O–H groups in total. The summed E-state index contributed by atoms with van der Waals surface area (Å²) in [4.78, 5) is 12.6. The second-order valence-corrected chi connectivity index (χ2v) is 7.00. The molecule has 23 heavy (non-hydrogen) atoms.